The monoisotopic (exact) mass is 253 g/mol. The molecule has 0 saturated heterocycles. The fraction of sp³-hybridized carbons (Fsp3) is 0.308. The van der Waals surface area contributed by atoms with Crippen molar-refractivity contribution in [3.8, 4) is 0 Å². The fourth-order valence-electron chi connectivity index (χ4n) is 1.30. The Labute approximate surface area is 106 Å². The maximum absolute atomic E-state index is 11.8. The second-order valence-corrected chi connectivity index (χ2v) is 4.05. The summed E-state index contributed by atoms with van der Waals surface area (Å²) in [4.78, 5) is 11.8. The Balaban J connectivity index is 2.58. The molecule has 0 aromatic heterocycles. The van der Waals surface area contributed by atoms with Crippen molar-refractivity contribution < 1.29 is 9.53 Å². The Morgan fingerprint density at radius 1 is 1.41 bits per heavy atom. The van der Waals surface area contributed by atoms with Crippen LogP contribution in [0.3, 0.4) is 0 Å². The first kappa shape index (κ1) is 13.7. The maximum Gasteiger partial charge on any atom is 0.187 e. The predicted molar refractivity (Wildman–Crippen MR) is 69.4 cm³/mol. The average Bonchev–Trinajstić information content (AvgIpc) is 2.30. The first-order valence-corrected chi connectivity index (χ1v) is 5.72. The van der Waals surface area contributed by atoms with Crippen molar-refractivity contribution in [1.29, 1.82) is 0 Å². The predicted octanol–water partition coefficient (Wildman–Crippen LogP) is 2.66. The molecule has 0 aliphatic rings. The van der Waals surface area contributed by atoms with Gasteiger partial charge in [-0.1, -0.05) is 11.6 Å². The third-order valence-electron chi connectivity index (χ3n) is 2.19. The summed E-state index contributed by atoms with van der Waals surface area (Å²) in [5.74, 6) is -0.0379. The van der Waals surface area contributed by atoms with E-state index in [2.05, 4.69) is 5.32 Å². The minimum atomic E-state index is -0.0379. The van der Waals surface area contributed by atoms with Gasteiger partial charge in [-0.05, 0) is 31.2 Å². The standard InChI is InChI=1S/C13H16ClNO2/c1-10(15-7-8-17-2)9-13(16)11-3-5-12(14)6-4-11/h3-6,9,15H,7-8H2,1-2H3/b10-9+. The molecule has 0 aliphatic heterocycles. The molecule has 1 rings (SSSR count). The molecular weight excluding hydrogens is 238 g/mol. The number of allylic oxidation sites excluding steroid dienone is 2. The molecule has 1 aromatic carbocycles. The highest BCUT2D eigenvalue weighted by molar-refractivity contribution is 6.30. The van der Waals surface area contributed by atoms with Gasteiger partial charge in [0.2, 0.25) is 0 Å². The van der Waals surface area contributed by atoms with E-state index in [0.29, 0.717) is 23.7 Å². The van der Waals surface area contributed by atoms with Crippen LogP contribution in [0, 0.1) is 0 Å². The smallest absolute Gasteiger partial charge is 0.187 e. The van der Waals surface area contributed by atoms with E-state index in [1.54, 1.807) is 37.5 Å². The summed E-state index contributed by atoms with van der Waals surface area (Å²) >= 11 is 5.75. The molecule has 0 bridgehead atoms. The van der Waals surface area contributed by atoms with E-state index < -0.39 is 0 Å². The zero-order chi connectivity index (χ0) is 12.7. The topological polar surface area (TPSA) is 38.3 Å². The lowest BCUT2D eigenvalue weighted by atomic mass is 10.1. The Morgan fingerprint density at radius 3 is 2.65 bits per heavy atom. The Bertz CT molecular complexity index is 398. The van der Waals surface area contributed by atoms with Gasteiger partial charge < -0.3 is 10.1 Å². The summed E-state index contributed by atoms with van der Waals surface area (Å²) < 4.78 is 4.91. The summed E-state index contributed by atoms with van der Waals surface area (Å²) in [6.07, 6.45) is 1.57. The molecule has 0 fully saturated rings. The van der Waals surface area contributed by atoms with Crippen molar-refractivity contribution in [3.63, 3.8) is 0 Å². The Hall–Kier alpha value is -1.32. The van der Waals surface area contributed by atoms with Crippen LogP contribution in [0.5, 0.6) is 0 Å². The van der Waals surface area contributed by atoms with Gasteiger partial charge in [-0.3, -0.25) is 4.79 Å². The van der Waals surface area contributed by atoms with Gasteiger partial charge in [0, 0.05) is 36.0 Å². The average molecular weight is 254 g/mol. The summed E-state index contributed by atoms with van der Waals surface area (Å²) in [7, 11) is 1.64. The molecule has 0 atom stereocenters. The van der Waals surface area contributed by atoms with Crippen LogP contribution in [0.4, 0.5) is 0 Å². The first-order valence-electron chi connectivity index (χ1n) is 5.34. The Kier molecular flexibility index (Phi) is 5.73. The van der Waals surface area contributed by atoms with Gasteiger partial charge in [-0.15, -0.1) is 0 Å². The molecule has 3 nitrogen and oxygen atoms in total. The van der Waals surface area contributed by atoms with Gasteiger partial charge in [0.05, 0.1) is 6.61 Å². The highest BCUT2D eigenvalue weighted by Crippen LogP contribution is 2.10. The van der Waals surface area contributed by atoms with Gasteiger partial charge in [-0.2, -0.15) is 0 Å². The Morgan fingerprint density at radius 2 is 2.06 bits per heavy atom. The number of ketones is 1. The quantitative estimate of drug-likeness (QED) is 0.481. The van der Waals surface area contributed by atoms with Crippen LogP contribution >= 0.6 is 11.6 Å². The van der Waals surface area contributed by atoms with E-state index in [9.17, 15) is 4.79 Å². The van der Waals surface area contributed by atoms with Gasteiger partial charge in [0.25, 0.3) is 0 Å². The third-order valence-corrected chi connectivity index (χ3v) is 2.44. The van der Waals surface area contributed by atoms with E-state index >= 15 is 0 Å². The SMILES string of the molecule is COCCN/C(C)=C/C(=O)c1ccc(Cl)cc1. The van der Waals surface area contributed by atoms with E-state index in [0.717, 1.165) is 5.70 Å². The molecule has 92 valence electrons. The zero-order valence-electron chi connectivity index (χ0n) is 10.00. The van der Waals surface area contributed by atoms with Gasteiger partial charge >= 0.3 is 0 Å². The summed E-state index contributed by atoms with van der Waals surface area (Å²) in [6.45, 7) is 3.15. The number of halogens is 1. The van der Waals surface area contributed by atoms with Crippen LogP contribution in [0.25, 0.3) is 0 Å². The molecule has 0 aliphatic carbocycles. The largest absolute Gasteiger partial charge is 0.386 e. The number of ether oxygens (including phenoxy) is 1. The number of hydrogen-bond acceptors (Lipinski definition) is 3. The van der Waals surface area contributed by atoms with E-state index in [1.807, 2.05) is 6.92 Å². The van der Waals surface area contributed by atoms with Crippen molar-refractivity contribution in [2.75, 3.05) is 20.3 Å². The number of nitrogens with one attached hydrogen (secondary N) is 1. The minimum Gasteiger partial charge on any atom is -0.386 e. The minimum absolute atomic E-state index is 0.0379. The molecule has 0 radical (unpaired) electrons. The summed E-state index contributed by atoms with van der Waals surface area (Å²) in [5.41, 5.74) is 1.45. The second kappa shape index (κ2) is 7.09. The number of carbonyl (C=O) groups is 1. The van der Waals surface area contributed by atoms with Crippen molar-refractivity contribution in [2.24, 2.45) is 0 Å². The third kappa shape index (κ3) is 5.02. The first-order chi connectivity index (χ1) is 8.13. The molecule has 0 heterocycles. The van der Waals surface area contributed by atoms with E-state index in [1.165, 1.54) is 0 Å². The highest BCUT2D eigenvalue weighted by atomic mass is 35.5. The lowest BCUT2D eigenvalue weighted by Gasteiger charge is -2.05. The highest BCUT2D eigenvalue weighted by Gasteiger charge is 2.02. The second-order valence-electron chi connectivity index (χ2n) is 3.62. The van der Waals surface area contributed by atoms with Gasteiger partial charge in [0.1, 0.15) is 0 Å². The fourth-order valence-corrected chi connectivity index (χ4v) is 1.42. The van der Waals surface area contributed by atoms with Crippen molar-refractivity contribution >= 4 is 17.4 Å². The molecule has 1 N–H and O–H groups in total. The number of hydrogen-bond donors (Lipinski definition) is 1. The van der Waals surface area contributed by atoms with E-state index in [4.69, 9.17) is 16.3 Å². The van der Waals surface area contributed by atoms with E-state index in [-0.39, 0.29) is 5.78 Å². The number of carbonyl (C=O) groups excluding carboxylic acids is 1. The summed E-state index contributed by atoms with van der Waals surface area (Å²) in [6, 6.07) is 6.83. The van der Waals surface area contributed by atoms with Crippen LogP contribution in [0.15, 0.2) is 36.0 Å². The number of benzene rings is 1. The molecular formula is C13H16ClNO2. The van der Waals surface area contributed by atoms with Crippen LogP contribution in [-0.4, -0.2) is 26.0 Å². The zero-order valence-corrected chi connectivity index (χ0v) is 10.8. The normalized spacial score (nSPS) is 11.4. The number of methoxy groups -OCH3 is 1. The molecule has 0 spiro atoms. The number of rotatable bonds is 6. The van der Waals surface area contributed by atoms with Crippen LogP contribution in [-0.2, 0) is 4.74 Å². The summed E-state index contributed by atoms with van der Waals surface area (Å²) in [5, 5.41) is 3.71. The molecule has 0 unspecified atom stereocenters. The molecule has 0 saturated carbocycles. The maximum atomic E-state index is 11.8. The molecule has 4 heteroatoms. The lowest BCUT2D eigenvalue weighted by Crippen LogP contribution is -2.17. The molecule has 17 heavy (non-hydrogen) atoms. The molecule has 1 aromatic rings. The van der Waals surface area contributed by atoms with Crippen LogP contribution < -0.4 is 5.32 Å². The van der Waals surface area contributed by atoms with Crippen LogP contribution in [0.2, 0.25) is 5.02 Å². The van der Waals surface area contributed by atoms with Crippen molar-refractivity contribution in [3.05, 3.63) is 46.6 Å². The lowest BCUT2D eigenvalue weighted by molar-refractivity contribution is 0.104. The van der Waals surface area contributed by atoms with Gasteiger partial charge in [0.15, 0.2) is 5.78 Å². The van der Waals surface area contributed by atoms with Gasteiger partial charge in [-0.25, -0.2) is 0 Å². The van der Waals surface area contributed by atoms with Crippen molar-refractivity contribution in [2.45, 2.75) is 6.92 Å². The van der Waals surface area contributed by atoms with Crippen LogP contribution in [0.1, 0.15) is 17.3 Å². The van der Waals surface area contributed by atoms with Crippen molar-refractivity contribution in [1.82, 2.24) is 5.32 Å². The molecule has 0 amide bonds.